The van der Waals surface area contributed by atoms with Crippen LogP contribution in [0.4, 0.5) is 16.4 Å². The van der Waals surface area contributed by atoms with Gasteiger partial charge in [0.25, 0.3) is 0 Å². The van der Waals surface area contributed by atoms with Crippen molar-refractivity contribution >= 4 is 44.7 Å². The Balaban J connectivity index is 1.53. The van der Waals surface area contributed by atoms with Gasteiger partial charge in [0.15, 0.2) is 5.65 Å². The molecule has 2 N–H and O–H groups in total. The molecule has 0 bridgehead atoms. The van der Waals surface area contributed by atoms with E-state index in [0.29, 0.717) is 42.2 Å². The predicted molar refractivity (Wildman–Crippen MR) is 166 cm³/mol. The predicted octanol–water partition coefficient (Wildman–Crippen LogP) is 5.57. The molecule has 0 radical (unpaired) electrons. The van der Waals surface area contributed by atoms with Crippen molar-refractivity contribution in [3.63, 3.8) is 0 Å². The summed E-state index contributed by atoms with van der Waals surface area (Å²) in [6.07, 6.45) is 1.11. The first-order valence-electron chi connectivity index (χ1n) is 13.6. The average molecular weight is 623 g/mol. The molecule has 11 heteroatoms. The van der Waals surface area contributed by atoms with Crippen molar-refractivity contribution in [1.82, 2.24) is 30.1 Å². The lowest BCUT2D eigenvalue weighted by molar-refractivity contribution is 0.198. The minimum absolute atomic E-state index is 0.155. The van der Waals surface area contributed by atoms with E-state index in [1.807, 2.05) is 73.6 Å². The van der Waals surface area contributed by atoms with Gasteiger partial charge >= 0.3 is 6.09 Å². The second-order valence-corrected chi connectivity index (χ2v) is 10.4. The molecular weight excluding hydrogens is 586 g/mol. The lowest BCUT2D eigenvalue weighted by atomic mass is 10.1. The number of halogens is 1. The van der Waals surface area contributed by atoms with Gasteiger partial charge in [-0.15, -0.1) is 0 Å². The van der Waals surface area contributed by atoms with Gasteiger partial charge in [0.1, 0.15) is 12.4 Å². The van der Waals surface area contributed by atoms with E-state index in [4.69, 9.17) is 9.47 Å². The third-order valence-electron chi connectivity index (χ3n) is 6.40. The highest BCUT2D eigenvalue weighted by atomic mass is 79.9. The van der Waals surface area contributed by atoms with Crippen LogP contribution in [0.3, 0.4) is 0 Å². The Morgan fingerprint density at radius 3 is 2.44 bits per heavy atom. The summed E-state index contributed by atoms with van der Waals surface area (Å²) in [6.45, 7) is 8.95. The standard InChI is InChI=1S/C30H36BrN7O3/c1-5-38(6-2)17-18-40-23-13-11-22(12-14-23)34-29-33-20-21-19-25(24-9-7-8-10-26(24)31)28(35-27(21)36-29)41-30(39)32-15-16-37(3)4/h7-14,19-20H,5-6,15-18H2,1-4H3,(H,32,39)(H,33,34,35,36). The summed E-state index contributed by atoms with van der Waals surface area (Å²) in [5, 5.41) is 6.68. The Hall–Kier alpha value is -3.80. The maximum absolute atomic E-state index is 12.6. The summed E-state index contributed by atoms with van der Waals surface area (Å²) < 4.78 is 12.4. The number of fused-ring (bicyclic) bond motifs is 1. The zero-order chi connectivity index (χ0) is 29.2. The molecule has 4 aromatic rings. The Kier molecular flexibility index (Phi) is 10.8. The number of benzene rings is 2. The number of carbonyl (C=O) groups is 1. The van der Waals surface area contributed by atoms with Gasteiger partial charge in [-0.2, -0.15) is 9.97 Å². The second kappa shape index (κ2) is 14.7. The number of amides is 1. The van der Waals surface area contributed by atoms with Crippen molar-refractivity contribution in [3.05, 3.63) is 65.3 Å². The second-order valence-electron chi connectivity index (χ2n) is 9.57. The minimum Gasteiger partial charge on any atom is -0.492 e. The van der Waals surface area contributed by atoms with Crippen LogP contribution >= 0.6 is 15.9 Å². The maximum Gasteiger partial charge on any atom is 0.414 e. The molecule has 0 saturated heterocycles. The smallest absolute Gasteiger partial charge is 0.414 e. The van der Waals surface area contributed by atoms with E-state index in [1.54, 1.807) is 6.20 Å². The zero-order valence-corrected chi connectivity index (χ0v) is 25.4. The normalized spacial score (nSPS) is 11.2. The molecule has 0 aliphatic carbocycles. The van der Waals surface area contributed by atoms with Gasteiger partial charge in [-0.05, 0) is 63.6 Å². The first-order chi connectivity index (χ1) is 19.9. The molecule has 0 aliphatic rings. The zero-order valence-electron chi connectivity index (χ0n) is 23.9. The van der Waals surface area contributed by atoms with Crippen LogP contribution in [0.25, 0.3) is 22.2 Å². The van der Waals surface area contributed by atoms with Crippen molar-refractivity contribution in [1.29, 1.82) is 0 Å². The van der Waals surface area contributed by atoms with E-state index in [1.165, 1.54) is 0 Å². The number of anilines is 2. The van der Waals surface area contributed by atoms with Gasteiger partial charge in [0.05, 0.1) is 0 Å². The van der Waals surface area contributed by atoms with E-state index >= 15 is 0 Å². The van der Waals surface area contributed by atoms with Crippen LogP contribution in [0.5, 0.6) is 11.6 Å². The molecule has 0 saturated carbocycles. The number of hydrogen-bond acceptors (Lipinski definition) is 9. The van der Waals surface area contributed by atoms with Gasteiger partial charge in [-0.25, -0.2) is 9.78 Å². The third-order valence-corrected chi connectivity index (χ3v) is 7.09. The Bertz CT molecular complexity index is 1450. The van der Waals surface area contributed by atoms with E-state index in [2.05, 4.69) is 60.3 Å². The Morgan fingerprint density at radius 2 is 1.73 bits per heavy atom. The summed E-state index contributed by atoms with van der Waals surface area (Å²) in [5.74, 6) is 1.33. The van der Waals surface area contributed by atoms with E-state index in [9.17, 15) is 4.79 Å². The van der Waals surface area contributed by atoms with Crippen LogP contribution in [0.1, 0.15) is 13.8 Å². The summed E-state index contributed by atoms with van der Waals surface area (Å²) in [5.41, 5.74) is 2.68. The fourth-order valence-electron chi connectivity index (χ4n) is 4.06. The largest absolute Gasteiger partial charge is 0.492 e. The number of aromatic nitrogens is 3. The molecule has 2 aromatic carbocycles. The fraction of sp³-hybridized carbons (Fsp3) is 0.333. The van der Waals surface area contributed by atoms with Crippen molar-refractivity contribution in [3.8, 4) is 22.8 Å². The molecule has 2 heterocycles. The lowest BCUT2D eigenvalue weighted by Crippen LogP contribution is -2.33. The highest BCUT2D eigenvalue weighted by Crippen LogP contribution is 2.36. The van der Waals surface area contributed by atoms with Crippen molar-refractivity contribution < 1.29 is 14.3 Å². The highest BCUT2D eigenvalue weighted by Gasteiger charge is 2.17. The number of pyridine rings is 1. The summed E-state index contributed by atoms with van der Waals surface area (Å²) in [4.78, 5) is 30.6. The van der Waals surface area contributed by atoms with E-state index < -0.39 is 6.09 Å². The Morgan fingerprint density at radius 1 is 0.976 bits per heavy atom. The fourth-order valence-corrected chi connectivity index (χ4v) is 4.56. The summed E-state index contributed by atoms with van der Waals surface area (Å²) >= 11 is 3.59. The van der Waals surface area contributed by atoms with Crippen molar-refractivity contribution in [2.75, 3.05) is 58.7 Å². The number of nitrogens with one attached hydrogen (secondary N) is 2. The Labute approximate surface area is 249 Å². The molecule has 2 aromatic heterocycles. The SMILES string of the molecule is CCN(CC)CCOc1ccc(Nc2ncc3cc(-c4ccccc4Br)c(OC(=O)NCCN(C)C)nc3n2)cc1. The average Bonchev–Trinajstić information content (AvgIpc) is 2.96. The molecule has 4 rings (SSSR count). The summed E-state index contributed by atoms with van der Waals surface area (Å²) in [7, 11) is 3.87. The van der Waals surface area contributed by atoms with Crippen LogP contribution in [0, 0.1) is 0 Å². The lowest BCUT2D eigenvalue weighted by Gasteiger charge is -2.18. The first-order valence-corrected chi connectivity index (χ1v) is 14.4. The maximum atomic E-state index is 12.6. The van der Waals surface area contributed by atoms with Crippen LogP contribution in [0.15, 0.2) is 65.3 Å². The molecule has 0 unspecified atom stereocenters. The number of ether oxygens (including phenoxy) is 2. The monoisotopic (exact) mass is 621 g/mol. The topological polar surface area (TPSA) is 105 Å². The van der Waals surface area contributed by atoms with Gasteiger partial charge < -0.3 is 29.9 Å². The molecule has 216 valence electrons. The van der Waals surface area contributed by atoms with Crippen LogP contribution < -0.4 is 20.1 Å². The van der Waals surface area contributed by atoms with E-state index in [0.717, 1.165) is 41.1 Å². The number of likely N-dealkylation sites (N-methyl/N-ethyl adjacent to an activating group) is 2. The minimum atomic E-state index is -0.584. The summed E-state index contributed by atoms with van der Waals surface area (Å²) in [6, 6.07) is 17.2. The molecular formula is C30H36BrN7O3. The van der Waals surface area contributed by atoms with Gasteiger partial charge in [0, 0.05) is 52.5 Å². The number of rotatable bonds is 13. The first kappa shape index (κ1) is 30.2. The molecule has 0 spiro atoms. The molecule has 0 atom stereocenters. The van der Waals surface area contributed by atoms with Crippen molar-refractivity contribution in [2.24, 2.45) is 0 Å². The number of nitrogens with zero attached hydrogens (tertiary/aromatic N) is 5. The van der Waals surface area contributed by atoms with Crippen LogP contribution in [0.2, 0.25) is 0 Å². The van der Waals surface area contributed by atoms with Crippen LogP contribution in [-0.4, -0.2) is 84.3 Å². The highest BCUT2D eigenvalue weighted by molar-refractivity contribution is 9.10. The molecule has 1 amide bonds. The van der Waals surface area contributed by atoms with Gasteiger partial charge in [0.2, 0.25) is 11.8 Å². The van der Waals surface area contributed by atoms with Crippen LogP contribution in [-0.2, 0) is 0 Å². The third kappa shape index (κ3) is 8.59. The van der Waals surface area contributed by atoms with E-state index in [-0.39, 0.29) is 5.88 Å². The van der Waals surface area contributed by atoms with Gasteiger partial charge in [-0.1, -0.05) is 48.0 Å². The molecule has 0 fully saturated rings. The molecule has 41 heavy (non-hydrogen) atoms. The quantitative estimate of drug-likeness (QED) is 0.198. The number of hydrogen-bond donors (Lipinski definition) is 2. The molecule has 10 nitrogen and oxygen atoms in total. The van der Waals surface area contributed by atoms with Crippen molar-refractivity contribution in [2.45, 2.75) is 13.8 Å². The number of carbonyl (C=O) groups excluding carboxylic acids is 1. The van der Waals surface area contributed by atoms with Gasteiger partial charge in [-0.3, -0.25) is 0 Å². The molecule has 0 aliphatic heterocycles.